The van der Waals surface area contributed by atoms with Gasteiger partial charge in [0.2, 0.25) is 11.1 Å². The fraction of sp³-hybridized carbons (Fsp3) is 0.467. The Kier molecular flexibility index (Phi) is 5.79. The van der Waals surface area contributed by atoms with Crippen molar-refractivity contribution in [2.24, 2.45) is 0 Å². The zero-order valence-electron chi connectivity index (χ0n) is 13.3. The van der Waals surface area contributed by atoms with E-state index in [1.54, 1.807) is 16.8 Å². The van der Waals surface area contributed by atoms with Gasteiger partial charge >= 0.3 is 6.61 Å². The van der Waals surface area contributed by atoms with Gasteiger partial charge in [0.15, 0.2) is 0 Å². The minimum atomic E-state index is -2.83. The topological polar surface area (TPSA) is 81.9 Å². The van der Waals surface area contributed by atoms with Crippen LogP contribution in [0.5, 0.6) is 5.75 Å². The second-order valence-corrected chi connectivity index (χ2v) is 6.49. The van der Waals surface area contributed by atoms with Crippen LogP contribution in [0.4, 0.5) is 8.78 Å². The number of ether oxygens (including phenoxy) is 1. The predicted molar refractivity (Wildman–Crippen MR) is 86.6 cm³/mol. The van der Waals surface area contributed by atoms with Crippen molar-refractivity contribution in [3.8, 4) is 5.75 Å². The van der Waals surface area contributed by atoms with Crippen molar-refractivity contribution in [2.45, 2.75) is 37.1 Å². The van der Waals surface area contributed by atoms with Crippen LogP contribution in [0.2, 0.25) is 0 Å². The molecular formula is C15H17F2N5O2S. The molecule has 0 unspecified atom stereocenters. The first-order valence-corrected chi connectivity index (χ1v) is 8.81. The summed E-state index contributed by atoms with van der Waals surface area (Å²) in [6, 6.07) is 6.73. The van der Waals surface area contributed by atoms with Crippen LogP contribution in [0.25, 0.3) is 0 Å². The van der Waals surface area contributed by atoms with E-state index < -0.39 is 6.61 Å². The molecule has 1 aromatic carbocycles. The number of halogens is 2. The van der Waals surface area contributed by atoms with Gasteiger partial charge in [-0.3, -0.25) is 4.79 Å². The highest BCUT2D eigenvalue weighted by atomic mass is 32.2. The maximum atomic E-state index is 12.1. The quantitative estimate of drug-likeness (QED) is 0.682. The lowest BCUT2D eigenvalue weighted by Crippen LogP contribution is -2.27. The molecule has 25 heavy (non-hydrogen) atoms. The van der Waals surface area contributed by atoms with Crippen LogP contribution in [0.15, 0.2) is 29.4 Å². The molecule has 0 aliphatic heterocycles. The summed E-state index contributed by atoms with van der Waals surface area (Å²) in [5, 5.41) is 15.0. The van der Waals surface area contributed by atoms with Gasteiger partial charge in [-0.05, 0) is 47.4 Å². The van der Waals surface area contributed by atoms with Crippen LogP contribution >= 0.6 is 11.8 Å². The number of aromatic nitrogens is 4. The number of carbonyl (C=O) groups excluding carboxylic acids is 1. The third kappa shape index (κ3) is 5.38. The molecular weight excluding hydrogens is 352 g/mol. The summed E-state index contributed by atoms with van der Waals surface area (Å²) in [6.45, 7) is -2.37. The Labute approximate surface area is 147 Å². The molecule has 3 rings (SSSR count). The van der Waals surface area contributed by atoms with Crippen LogP contribution in [0.1, 0.15) is 24.4 Å². The van der Waals surface area contributed by atoms with Crippen LogP contribution in [-0.4, -0.2) is 45.0 Å². The van der Waals surface area contributed by atoms with E-state index in [4.69, 9.17) is 0 Å². The Bertz CT molecular complexity index is 706. The Morgan fingerprint density at radius 1 is 1.36 bits per heavy atom. The lowest BCUT2D eigenvalue weighted by Gasteiger charge is -2.07. The van der Waals surface area contributed by atoms with Gasteiger partial charge in [-0.15, -0.1) is 5.10 Å². The third-order valence-electron chi connectivity index (χ3n) is 3.57. The van der Waals surface area contributed by atoms with Crippen molar-refractivity contribution in [2.75, 3.05) is 12.3 Å². The first-order chi connectivity index (χ1) is 12.1. The number of carbonyl (C=O) groups is 1. The molecule has 2 aromatic rings. The minimum absolute atomic E-state index is 0.104. The molecule has 1 aromatic heterocycles. The second kappa shape index (κ2) is 8.24. The predicted octanol–water partition coefficient (Wildman–Crippen LogP) is 2.06. The van der Waals surface area contributed by atoms with Crippen molar-refractivity contribution in [1.82, 2.24) is 25.5 Å². The lowest BCUT2D eigenvalue weighted by molar-refractivity contribution is -0.118. The zero-order chi connectivity index (χ0) is 17.6. The molecule has 0 saturated heterocycles. The van der Waals surface area contributed by atoms with Crippen LogP contribution in [0.3, 0.4) is 0 Å². The van der Waals surface area contributed by atoms with Gasteiger partial charge in [0.1, 0.15) is 5.75 Å². The molecule has 10 heteroatoms. The van der Waals surface area contributed by atoms with Gasteiger partial charge in [0.05, 0.1) is 11.8 Å². The molecule has 1 saturated carbocycles. The normalized spacial score (nSPS) is 13.9. The highest BCUT2D eigenvalue weighted by Gasteiger charge is 2.28. The second-order valence-electron chi connectivity index (χ2n) is 5.55. The van der Waals surface area contributed by atoms with Gasteiger partial charge < -0.3 is 10.1 Å². The minimum Gasteiger partial charge on any atom is -0.435 e. The molecule has 1 N–H and O–H groups in total. The number of nitrogens with one attached hydrogen (secondary N) is 1. The van der Waals surface area contributed by atoms with E-state index in [0.717, 1.165) is 18.4 Å². The Hall–Kier alpha value is -2.23. The van der Waals surface area contributed by atoms with Gasteiger partial charge in [-0.2, -0.15) is 8.78 Å². The van der Waals surface area contributed by atoms with E-state index in [-0.39, 0.29) is 17.4 Å². The number of benzene rings is 1. The molecule has 1 heterocycles. The van der Waals surface area contributed by atoms with Crippen molar-refractivity contribution in [3.05, 3.63) is 29.8 Å². The average molecular weight is 369 g/mol. The number of nitrogens with zero attached hydrogens (tertiary/aromatic N) is 4. The SMILES string of the molecule is O=C(CSc1nnnn1C1CC1)NCCc1ccc(OC(F)F)cc1. The smallest absolute Gasteiger partial charge is 0.387 e. The van der Waals surface area contributed by atoms with Crippen LogP contribution in [-0.2, 0) is 11.2 Å². The van der Waals surface area contributed by atoms with E-state index in [1.165, 1.54) is 23.9 Å². The molecule has 134 valence electrons. The number of hydrogen-bond acceptors (Lipinski definition) is 6. The van der Waals surface area contributed by atoms with E-state index in [0.29, 0.717) is 24.2 Å². The third-order valence-corrected chi connectivity index (χ3v) is 4.51. The first-order valence-electron chi connectivity index (χ1n) is 7.83. The molecule has 1 aliphatic rings. The molecule has 1 amide bonds. The molecule has 1 fully saturated rings. The van der Waals surface area contributed by atoms with E-state index in [2.05, 4.69) is 25.6 Å². The van der Waals surface area contributed by atoms with Crippen LogP contribution < -0.4 is 10.1 Å². The Balaban J connectivity index is 1.37. The summed E-state index contributed by atoms with van der Waals surface area (Å²) in [6.07, 6.45) is 2.75. The highest BCUT2D eigenvalue weighted by Crippen LogP contribution is 2.36. The molecule has 0 spiro atoms. The fourth-order valence-electron chi connectivity index (χ4n) is 2.19. The summed E-state index contributed by atoms with van der Waals surface area (Å²) in [7, 11) is 0. The van der Waals surface area contributed by atoms with Gasteiger partial charge in [-0.25, -0.2) is 4.68 Å². The van der Waals surface area contributed by atoms with Crippen molar-refractivity contribution in [1.29, 1.82) is 0 Å². The summed E-state index contributed by atoms with van der Waals surface area (Å²) < 4.78 is 30.2. The summed E-state index contributed by atoms with van der Waals surface area (Å²) in [5.41, 5.74) is 0.923. The molecule has 0 radical (unpaired) electrons. The number of alkyl halides is 2. The summed E-state index contributed by atoms with van der Waals surface area (Å²) in [5.74, 6) is 0.259. The standard InChI is InChI=1S/C15H17F2N5O2S/c16-14(17)24-12-5-1-10(2-6-12)7-8-18-13(23)9-25-15-19-20-21-22(15)11-3-4-11/h1-2,5-6,11,14H,3-4,7-9H2,(H,18,23). The van der Waals surface area contributed by atoms with E-state index in [1.807, 2.05) is 0 Å². The summed E-state index contributed by atoms with van der Waals surface area (Å²) >= 11 is 1.31. The van der Waals surface area contributed by atoms with Crippen LogP contribution in [0, 0.1) is 0 Å². The van der Waals surface area contributed by atoms with E-state index in [9.17, 15) is 13.6 Å². The average Bonchev–Trinajstić information content (AvgIpc) is 3.32. The summed E-state index contributed by atoms with van der Waals surface area (Å²) in [4.78, 5) is 11.9. The lowest BCUT2D eigenvalue weighted by atomic mass is 10.1. The molecule has 0 bridgehead atoms. The number of amides is 1. The van der Waals surface area contributed by atoms with Gasteiger partial charge in [-0.1, -0.05) is 23.9 Å². The Morgan fingerprint density at radius 2 is 2.12 bits per heavy atom. The van der Waals surface area contributed by atoms with Crippen molar-refractivity contribution in [3.63, 3.8) is 0 Å². The number of rotatable bonds is 9. The van der Waals surface area contributed by atoms with Gasteiger partial charge in [0, 0.05) is 6.54 Å². The molecule has 7 nitrogen and oxygen atoms in total. The number of tetrazole rings is 1. The maximum absolute atomic E-state index is 12.1. The molecule has 0 atom stereocenters. The molecule has 1 aliphatic carbocycles. The number of thioether (sulfide) groups is 1. The van der Waals surface area contributed by atoms with E-state index >= 15 is 0 Å². The maximum Gasteiger partial charge on any atom is 0.387 e. The number of hydrogen-bond donors (Lipinski definition) is 1. The van der Waals surface area contributed by atoms with Crippen molar-refractivity contribution < 1.29 is 18.3 Å². The Morgan fingerprint density at radius 3 is 2.80 bits per heavy atom. The van der Waals surface area contributed by atoms with Gasteiger partial charge in [0.25, 0.3) is 0 Å². The first kappa shape index (κ1) is 17.6. The largest absolute Gasteiger partial charge is 0.435 e. The zero-order valence-corrected chi connectivity index (χ0v) is 14.1. The van der Waals surface area contributed by atoms with Crippen molar-refractivity contribution >= 4 is 17.7 Å². The highest BCUT2D eigenvalue weighted by molar-refractivity contribution is 7.99. The monoisotopic (exact) mass is 369 g/mol. The fourth-order valence-corrected chi connectivity index (χ4v) is 2.97.